The third-order valence-corrected chi connectivity index (χ3v) is 12.2. The molecule has 1 heteroatoms. The molecule has 2 aliphatic rings. The Labute approximate surface area is 339 Å². The van der Waals surface area contributed by atoms with Crippen LogP contribution in [0.5, 0.6) is 0 Å². The van der Waals surface area contributed by atoms with E-state index >= 15 is 0 Å². The van der Waals surface area contributed by atoms with Crippen molar-refractivity contribution < 1.29 is 0 Å². The first-order chi connectivity index (χ1) is 28.7. The van der Waals surface area contributed by atoms with Crippen LogP contribution in [0.15, 0.2) is 206 Å². The number of benzene rings is 9. The minimum absolute atomic E-state index is 0.213. The predicted molar refractivity (Wildman–Crippen MR) is 243 cm³/mol. The van der Waals surface area contributed by atoms with Gasteiger partial charge in [0.25, 0.3) is 0 Å². The fraction of sp³-hybridized carbons (Fsp3) is 0.0351. The highest BCUT2D eigenvalue weighted by Crippen LogP contribution is 2.58. The first kappa shape index (κ1) is 33.8. The summed E-state index contributed by atoms with van der Waals surface area (Å²) in [6.07, 6.45) is 8.14. The molecule has 1 unspecified atom stereocenters. The number of hydrogen-bond acceptors (Lipinski definition) is 1. The largest absolute Gasteiger partial charge is 0.192 e. The molecule has 9 aromatic carbocycles. The Morgan fingerprint density at radius 1 is 0.414 bits per heavy atom. The van der Waals surface area contributed by atoms with Crippen LogP contribution in [0, 0.1) is 11.3 Å². The molecule has 9 aromatic rings. The molecule has 11 rings (SSSR count). The summed E-state index contributed by atoms with van der Waals surface area (Å²) >= 11 is 0. The van der Waals surface area contributed by atoms with Crippen LogP contribution in [0.3, 0.4) is 0 Å². The molecule has 0 radical (unpaired) electrons. The lowest BCUT2D eigenvalue weighted by Gasteiger charge is -2.25. The Hall–Kier alpha value is -7.53. The Balaban J connectivity index is 1.14. The van der Waals surface area contributed by atoms with E-state index in [0.717, 1.165) is 23.1 Å². The highest BCUT2D eigenvalue weighted by molar-refractivity contribution is 6.26. The van der Waals surface area contributed by atoms with Crippen molar-refractivity contribution in [2.24, 2.45) is 0 Å². The van der Waals surface area contributed by atoms with Gasteiger partial charge in [0, 0.05) is 5.92 Å². The van der Waals surface area contributed by atoms with Gasteiger partial charge in [-0.2, -0.15) is 5.26 Å². The molecule has 58 heavy (non-hydrogen) atoms. The summed E-state index contributed by atoms with van der Waals surface area (Å²) < 4.78 is 0. The molecule has 0 bridgehead atoms. The summed E-state index contributed by atoms with van der Waals surface area (Å²) in [5.74, 6) is 0.213. The van der Waals surface area contributed by atoms with Crippen LogP contribution in [0.1, 0.15) is 29.0 Å². The number of nitrogens with zero attached hydrogens (tertiary/aromatic N) is 1. The van der Waals surface area contributed by atoms with Gasteiger partial charge < -0.3 is 0 Å². The lowest BCUT2D eigenvalue weighted by molar-refractivity contribution is 0.867. The van der Waals surface area contributed by atoms with E-state index < -0.39 is 0 Å². The molecule has 0 heterocycles. The number of nitriles is 1. The van der Waals surface area contributed by atoms with Gasteiger partial charge in [0.05, 0.1) is 11.6 Å². The van der Waals surface area contributed by atoms with Gasteiger partial charge in [-0.05, 0) is 130 Å². The Bertz CT molecular complexity index is 3180. The van der Waals surface area contributed by atoms with Crippen LogP contribution in [-0.4, -0.2) is 0 Å². The fourth-order valence-electron chi connectivity index (χ4n) is 9.55. The normalized spacial score (nSPS) is 14.0. The summed E-state index contributed by atoms with van der Waals surface area (Å²) in [5.41, 5.74) is 19.3. The van der Waals surface area contributed by atoms with Crippen molar-refractivity contribution >= 4 is 27.1 Å². The van der Waals surface area contributed by atoms with Gasteiger partial charge in [0.2, 0.25) is 0 Å². The van der Waals surface area contributed by atoms with Crippen LogP contribution in [0.4, 0.5) is 0 Å². The molecule has 0 N–H and O–H groups in total. The quantitative estimate of drug-likeness (QED) is 0.167. The summed E-state index contributed by atoms with van der Waals surface area (Å²) in [4.78, 5) is 0. The molecule has 270 valence electrons. The fourth-order valence-corrected chi connectivity index (χ4v) is 9.55. The molecule has 0 saturated heterocycles. The topological polar surface area (TPSA) is 23.8 Å². The molecule has 0 spiro atoms. The summed E-state index contributed by atoms with van der Waals surface area (Å²) in [6, 6.07) is 70.2. The highest BCUT2D eigenvalue weighted by Gasteiger charge is 2.33. The van der Waals surface area contributed by atoms with Gasteiger partial charge in [-0.3, -0.25) is 0 Å². The van der Waals surface area contributed by atoms with E-state index in [2.05, 4.69) is 194 Å². The van der Waals surface area contributed by atoms with Crippen LogP contribution in [0.25, 0.3) is 93.9 Å². The van der Waals surface area contributed by atoms with E-state index in [9.17, 15) is 5.26 Å². The zero-order valence-corrected chi connectivity index (χ0v) is 31.9. The van der Waals surface area contributed by atoms with Crippen LogP contribution < -0.4 is 0 Å². The minimum atomic E-state index is 0.213. The van der Waals surface area contributed by atoms with Crippen molar-refractivity contribution in [3.8, 4) is 72.8 Å². The van der Waals surface area contributed by atoms with Gasteiger partial charge in [-0.15, -0.1) is 0 Å². The molecule has 0 aromatic heterocycles. The highest BCUT2D eigenvalue weighted by atomic mass is 14.4. The van der Waals surface area contributed by atoms with E-state index in [1.54, 1.807) is 0 Å². The summed E-state index contributed by atoms with van der Waals surface area (Å²) in [6.45, 7) is 0. The molecule has 0 aliphatic heterocycles. The third-order valence-electron chi connectivity index (χ3n) is 12.2. The monoisotopic (exact) mass is 735 g/mol. The number of allylic oxidation sites excluding steroid dienone is 4. The summed E-state index contributed by atoms with van der Waals surface area (Å²) in [7, 11) is 0. The Morgan fingerprint density at radius 3 is 1.76 bits per heavy atom. The van der Waals surface area contributed by atoms with Gasteiger partial charge in [0.15, 0.2) is 0 Å². The minimum Gasteiger partial charge on any atom is -0.192 e. The van der Waals surface area contributed by atoms with Crippen LogP contribution in [-0.2, 0) is 0 Å². The summed E-state index contributed by atoms with van der Waals surface area (Å²) in [5, 5.41) is 14.8. The average molecular weight is 736 g/mol. The molecule has 1 nitrogen and oxygen atoms in total. The molecule has 0 amide bonds. The zero-order valence-electron chi connectivity index (χ0n) is 31.9. The van der Waals surface area contributed by atoms with Crippen molar-refractivity contribution in [3.05, 3.63) is 223 Å². The molecule has 0 fully saturated rings. The average Bonchev–Trinajstić information content (AvgIpc) is 3.63. The van der Waals surface area contributed by atoms with E-state index in [1.165, 1.54) is 88.3 Å². The molecular formula is C57H37N. The number of rotatable bonds is 6. The Morgan fingerprint density at radius 2 is 1.00 bits per heavy atom. The van der Waals surface area contributed by atoms with Crippen LogP contribution in [0.2, 0.25) is 0 Å². The second kappa shape index (κ2) is 13.9. The SMILES string of the molecule is N#Cc1cccc(-c2cccc(-c3ccc4c5c(cccc35)-c3c-4c(-c4ccc(-c5ccccc5)cc4)c4ccccc4c3C3C=CC(c4ccccc4)=CC3)c2)c1. The maximum atomic E-state index is 9.61. The van der Waals surface area contributed by atoms with Crippen molar-refractivity contribution in [3.63, 3.8) is 0 Å². The van der Waals surface area contributed by atoms with E-state index in [4.69, 9.17) is 0 Å². The second-order valence-corrected chi connectivity index (χ2v) is 15.4. The van der Waals surface area contributed by atoms with E-state index in [-0.39, 0.29) is 5.92 Å². The first-order valence-electron chi connectivity index (χ1n) is 20.1. The van der Waals surface area contributed by atoms with Crippen molar-refractivity contribution in [2.45, 2.75) is 12.3 Å². The van der Waals surface area contributed by atoms with E-state index in [0.29, 0.717) is 5.56 Å². The molecular weight excluding hydrogens is 699 g/mol. The second-order valence-electron chi connectivity index (χ2n) is 15.4. The van der Waals surface area contributed by atoms with Gasteiger partial charge in [-0.1, -0.05) is 188 Å². The molecule has 2 aliphatic carbocycles. The van der Waals surface area contributed by atoms with Gasteiger partial charge in [0.1, 0.15) is 0 Å². The third kappa shape index (κ3) is 5.54. The van der Waals surface area contributed by atoms with Gasteiger partial charge in [-0.25, -0.2) is 0 Å². The number of fused-ring (bicyclic) bond motifs is 4. The van der Waals surface area contributed by atoms with Crippen molar-refractivity contribution in [1.82, 2.24) is 0 Å². The van der Waals surface area contributed by atoms with Crippen LogP contribution >= 0.6 is 0 Å². The van der Waals surface area contributed by atoms with Crippen molar-refractivity contribution in [1.29, 1.82) is 5.26 Å². The maximum Gasteiger partial charge on any atom is 0.0991 e. The smallest absolute Gasteiger partial charge is 0.0991 e. The Kier molecular flexibility index (Phi) is 8.09. The molecule has 1 atom stereocenters. The van der Waals surface area contributed by atoms with E-state index in [1.807, 2.05) is 18.2 Å². The standard InChI is InChI=1S/C57H37N/c58-36-37-12-9-17-44(34-37)45-18-10-19-46(35-45)47-32-33-52-55-48(47)22-11-23-51(55)56-53(42-28-24-40(25-29-42)38-13-3-1-4-14-38)49-20-7-8-21-50(49)54(57(52)56)43-30-26-41(27-31-43)39-15-5-2-6-16-39/h1-28,30-35,42H,29H2. The maximum absolute atomic E-state index is 9.61. The van der Waals surface area contributed by atoms with Crippen molar-refractivity contribution in [2.75, 3.05) is 0 Å². The lowest BCUT2D eigenvalue weighted by atomic mass is 9.78. The predicted octanol–water partition coefficient (Wildman–Crippen LogP) is 15.3. The lowest BCUT2D eigenvalue weighted by Crippen LogP contribution is -2.04. The van der Waals surface area contributed by atoms with Gasteiger partial charge >= 0.3 is 0 Å². The zero-order chi connectivity index (χ0) is 38.6. The number of hydrogen-bond donors (Lipinski definition) is 0. The molecule has 0 saturated carbocycles. The first-order valence-corrected chi connectivity index (χ1v) is 20.1.